The molecule has 4 aromatic rings. The van der Waals surface area contributed by atoms with Gasteiger partial charge in [-0.25, -0.2) is 4.39 Å². The summed E-state index contributed by atoms with van der Waals surface area (Å²) in [6, 6.07) is 14.0. The van der Waals surface area contributed by atoms with E-state index in [4.69, 9.17) is 4.42 Å². The Balaban J connectivity index is 1.41. The maximum atomic E-state index is 13.1. The van der Waals surface area contributed by atoms with E-state index in [0.29, 0.717) is 11.3 Å². The molecule has 2 aromatic heterocycles. The number of hydrogen-bond donors (Lipinski definition) is 4. The smallest absolute Gasteiger partial charge is 0.311 e. The summed E-state index contributed by atoms with van der Waals surface area (Å²) in [5.74, 6) is -2.65. The Morgan fingerprint density at radius 2 is 1.78 bits per heavy atom. The number of carbonyl (C=O) groups is 2. The van der Waals surface area contributed by atoms with Gasteiger partial charge in [0.05, 0.1) is 28.5 Å². The van der Waals surface area contributed by atoms with Gasteiger partial charge in [-0.1, -0.05) is 6.07 Å². The number of nitrogens with zero attached hydrogens (tertiary/aromatic N) is 2. The van der Waals surface area contributed by atoms with Crippen LogP contribution in [-0.4, -0.2) is 26.8 Å². The first kappa shape index (κ1) is 24.9. The van der Waals surface area contributed by atoms with Crippen molar-refractivity contribution < 1.29 is 28.4 Å². The molecule has 0 saturated carbocycles. The van der Waals surface area contributed by atoms with Gasteiger partial charge in [0.15, 0.2) is 5.75 Å². The molecule has 0 fully saturated rings. The van der Waals surface area contributed by atoms with E-state index in [1.165, 1.54) is 24.5 Å². The highest BCUT2D eigenvalue weighted by Crippen LogP contribution is 2.27. The molecular weight excluding hydrogens is 485 g/mol. The minimum Gasteiger partial charge on any atom is -0.502 e. The molecule has 12 heteroatoms. The molecule has 2 heterocycles. The van der Waals surface area contributed by atoms with Crippen LogP contribution in [0.2, 0.25) is 0 Å². The van der Waals surface area contributed by atoms with Gasteiger partial charge in [0.2, 0.25) is 5.76 Å². The number of carbonyl (C=O) groups excluding carboxylic acids is 2. The second-order valence-electron chi connectivity index (χ2n) is 7.88. The Labute approximate surface area is 209 Å². The number of nitro benzene ring substituents is 1. The highest BCUT2D eigenvalue weighted by molar-refractivity contribution is 6.01. The van der Waals surface area contributed by atoms with Gasteiger partial charge in [-0.15, -0.1) is 0 Å². The van der Waals surface area contributed by atoms with E-state index in [2.05, 4.69) is 21.2 Å². The van der Waals surface area contributed by atoms with Crippen LogP contribution in [0.4, 0.5) is 15.8 Å². The number of hydrazine groups is 1. The number of nitro groups is 1. The van der Waals surface area contributed by atoms with Crippen molar-refractivity contribution in [2.75, 3.05) is 5.32 Å². The predicted octanol–water partition coefficient (Wildman–Crippen LogP) is 4.34. The van der Waals surface area contributed by atoms with Crippen molar-refractivity contribution in [2.24, 2.45) is 0 Å². The molecule has 0 aliphatic heterocycles. The van der Waals surface area contributed by atoms with Crippen molar-refractivity contribution in [3.63, 3.8) is 0 Å². The number of aromatic nitrogens is 1. The summed E-state index contributed by atoms with van der Waals surface area (Å²) in [5.41, 5.74) is 5.94. The van der Waals surface area contributed by atoms with Crippen LogP contribution in [0.3, 0.4) is 0 Å². The molecule has 1 unspecified atom stereocenters. The van der Waals surface area contributed by atoms with Crippen LogP contribution in [0.5, 0.6) is 5.75 Å². The molecule has 37 heavy (non-hydrogen) atoms. The number of hydrogen-bond acceptors (Lipinski definition) is 8. The number of anilines is 1. The largest absolute Gasteiger partial charge is 0.502 e. The standard InChI is InChI=1S/C25H20FN5O6/c1-14(28-18-6-4-17(26)5-7-18)16-2-8-20(27-13-16)19-10-11-37-23(19)25(34)30-29-24(33)15-3-9-22(32)21(12-15)31(35)36/h2-14,28,32H,1H3,(H,29,33)(H,30,34). The van der Waals surface area contributed by atoms with E-state index in [1.54, 1.807) is 30.5 Å². The van der Waals surface area contributed by atoms with Crippen molar-refractivity contribution >= 4 is 23.2 Å². The molecule has 4 N–H and O–H groups in total. The number of phenols is 1. The number of rotatable bonds is 7. The van der Waals surface area contributed by atoms with Gasteiger partial charge < -0.3 is 14.8 Å². The lowest BCUT2D eigenvalue weighted by Gasteiger charge is -2.15. The van der Waals surface area contributed by atoms with Gasteiger partial charge in [0.1, 0.15) is 5.82 Å². The molecule has 11 nitrogen and oxygen atoms in total. The van der Waals surface area contributed by atoms with Crippen LogP contribution in [0, 0.1) is 15.9 Å². The molecule has 0 bridgehead atoms. The van der Waals surface area contributed by atoms with Crippen LogP contribution < -0.4 is 16.2 Å². The lowest BCUT2D eigenvalue weighted by Crippen LogP contribution is -2.41. The summed E-state index contributed by atoms with van der Waals surface area (Å²) in [6.07, 6.45) is 2.93. The van der Waals surface area contributed by atoms with Crippen LogP contribution in [0.15, 0.2) is 77.5 Å². The molecule has 1 atom stereocenters. The zero-order valence-electron chi connectivity index (χ0n) is 19.3. The van der Waals surface area contributed by atoms with Gasteiger partial charge in [-0.05, 0) is 61.0 Å². The summed E-state index contributed by atoms with van der Waals surface area (Å²) in [4.78, 5) is 39.5. The zero-order valence-corrected chi connectivity index (χ0v) is 19.3. The second kappa shape index (κ2) is 10.6. The molecule has 188 valence electrons. The topological polar surface area (TPSA) is 160 Å². The van der Waals surface area contributed by atoms with Crippen molar-refractivity contribution in [1.29, 1.82) is 0 Å². The van der Waals surface area contributed by atoms with Gasteiger partial charge in [-0.2, -0.15) is 0 Å². The molecule has 0 spiro atoms. The van der Waals surface area contributed by atoms with Crippen LogP contribution in [0.25, 0.3) is 11.3 Å². The first-order valence-corrected chi connectivity index (χ1v) is 10.9. The highest BCUT2D eigenvalue weighted by Gasteiger charge is 2.21. The summed E-state index contributed by atoms with van der Waals surface area (Å²) in [5, 5.41) is 23.7. The predicted molar refractivity (Wildman–Crippen MR) is 130 cm³/mol. The number of amides is 2. The minimum absolute atomic E-state index is 0.116. The van der Waals surface area contributed by atoms with Crippen molar-refractivity contribution in [3.8, 4) is 17.0 Å². The summed E-state index contributed by atoms with van der Waals surface area (Å²) in [6.45, 7) is 1.92. The van der Waals surface area contributed by atoms with E-state index in [0.717, 1.165) is 23.4 Å². The van der Waals surface area contributed by atoms with Crippen LogP contribution in [-0.2, 0) is 0 Å². The molecule has 2 aromatic carbocycles. The van der Waals surface area contributed by atoms with E-state index in [-0.39, 0.29) is 23.2 Å². The summed E-state index contributed by atoms with van der Waals surface area (Å²) < 4.78 is 18.4. The Bertz CT molecular complexity index is 1450. The number of halogens is 1. The third-order valence-corrected chi connectivity index (χ3v) is 5.39. The third kappa shape index (κ3) is 5.70. The number of pyridine rings is 1. The maximum Gasteiger partial charge on any atom is 0.311 e. The fraction of sp³-hybridized carbons (Fsp3) is 0.0800. The Kier molecular flexibility index (Phi) is 7.09. The number of benzene rings is 2. The quantitative estimate of drug-likeness (QED) is 0.213. The van der Waals surface area contributed by atoms with E-state index in [1.807, 2.05) is 13.0 Å². The van der Waals surface area contributed by atoms with Gasteiger partial charge in [-0.3, -0.25) is 35.5 Å². The normalized spacial score (nSPS) is 11.4. The summed E-state index contributed by atoms with van der Waals surface area (Å²) >= 11 is 0. The SMILES string of the molecule is CC(Nc1ccc(F)cc1)c1ccc(-c2ccoc2C(=O)NNC(=O)c2ccc(O)c([N+](=O)[O-])c2)nc1. The number of aromatic hydroxyl groups is 1. The molecule has 2 amide bonds. The van der Waals surface area contributed by atoms with Crippen molar-refractivity contribution in [3.05, 3.63) is 106 Å². The highest BCUT2D eigenvalue weighted by atomic mass is 19.1. The molecule has 0 saturated heterocycles. The molecule has 0 aliphatic carbocycles. The number of phenolic OH excluding ortho intramolecular Hbond substituents is 1. The number of nitrogens with one attached hydrogen (secondary N) is 3. The Morgan fingerprint density at radius 1 is 1.05 bits per heavy atom. The van der Waals surface area contributed by atoms with Crippen molar-refractivity contribution in [2.45, 2.75) is 13.0 Å². The average Bonchev–Trinajstić information content (AvgIpc) is 3.39. The van der Waals surface area contributed by atoms with Gasteiger partial charge in [0, 0.05) is 23.5 Å². The molecule has 0 radical (unpaired) electrons. The molecule has 4 rings (SSSR count). The molecule has 0 aliphatic rings. The van der Waals surface area contributed by atoms with E-state index >= 15 is 0 Å². The lowest BCUT2D eigenvalue weighted by molar-refractivity contribution is -0.385. The third-order valence-electron chi connectivity index (χ3n) is 5.39. The first-order chi connectivity index (χ1) is 17.7. The second-order valence-corrected chi connectivity index (χ2v) is 7.88. The monoisotopic (exact) mass is 505 g/mol. The van der Waals surface area contributed by atoms with Gasteiger partial charge in [0.25, 0.3) is 5.91 Å². The molecular formula is C25H20FN5O6. The maximum absolute atomic E-state index is 13.1. The minimum atomic E-state index is -0.838. The van der Waals surface area contributed by atoms with Crippen LogP contribution in [0.1, 0.15) is 39.4 Å². The average molecular weight is 505 g/mol. The fourth-order valence-corrected chi connectivity index (χ4v) is 3.44. The fourth-order valence-electron chi connectivity index (χ4n) is 3.44. The van der Waals surface area contributed by atoms with E-state index < -0.39 is 28.2 Å². The Morgan fingerprint density at radius 3 is 2.46 bits per heavy atom. The van der Waals surface area contributed by atoms with Gasteiger partial charge >= 0.3 is 11.6 Å². The zero-order chi connectivity index (χ0) is 26.5. The van der Waals surface area contributed by atoms with Crippen molar-refractivity contribution in [1.82, 2.24) is 15.8 Å². The number of furan rings is 1. The Hall–Kier alpha value is -5.26. The van der Waals surface area contributed by atoms with Crippen LogP contribution >= 0.6 is 0 Å². The lowest BCUT2D eigenvalue weighted by atomic mass is 10.1. The van der Waals surface area contributed by atoms with E-state index in [9.17, 15) is 29.2 Å². The summed E-state index contributed by atoms with van der Waals surface area (Å²) in [7, 11) is 0. The first-order valence-electron chi connectivity index (χ1n) is 10.9.